The van der Waals surface area contributed by atoms with E-state index in [0.29, 0.717) is 15.6 Å². The molecular formula is C16H11ClN2O2S. The van der Waals surface area contributed by atoms with Gasteiger partial charge in [-0.1, -0.05) is 58.6 Å². The third-order valence-corrected chi connectivity index (χ3v) is 4.06. The number of benzene rings is 2. The molecule has 0 saturated heterocycles. The lowest BCUT2D eigenvalue weighted by molar-refractivity contribution is 0.0468. The van der Waals surface area contributed by atoms with E-state index >= 15 is 0 Å². The van der Waals surface area contributed by atoms with Gasteiger partial charge in [-0.05, 0) is 23.3 Å². The van der Waals surface area contributed by atoms with Crippen molar-refractivity contribution in [2.45, 2.75) is 6.61 Å². The number of hydrogen-bond donors (Lipinski definition) is 0. The summed E-state index contributed by atoms with van der Waals surface area (Å²) >= 11 is 6.92. The molecule has 3 aromatic rings. The normalized spacial score (nSPS) is 10.4. The molecule has 0 unspecified atom stereocenters. The van der Waals surface area contributed by atoms with E-state index in [2.05, 4.69) is 9.59 Å². The lowest BCUT2D eigenvalue weighted by Gasteiger charge is -2.05. The molecule has 0 saturated carbocycles. The Hall–Kier alpha value is -2.24. The zero-order valence-electron chi connectivity index (χ0n) is 11.4. The average Bonchev–Trinajstić information content (AvgIpc) is 2.99. The van der Waals surface area contributed by atoms with Crippen LogP contribution < -0.4 is 0 Å². The molecule has 1 heterocycles. The molecule has 0 N–H and O–H groups in total. The quantitative estimate of drug-likeness (QED) is 0.672. The van der Waals surface area contributed by atoms with E-state index in [1.165, 1.54) is 0 Å². The summed E-state index contributed by atoms with van der Waals surface area (Å²) in [7, 11) is 0. The maximum atomic E-state index is 12.0. The molecule has 3 rings (SSSR count). The van der Waals surface area contributed by atoms with Gasteiger partial charge in [0.15, 0.2) is 0 Å². The number of halogens is 1. The highest BCUT2D eigenvalue weighted by Gasteiger charge is 2.11. The molecule has 4 nitrogen and oxygen atoms in total. The minimum atomic E-state index is -0.413. The van der Waals surface area contributed by atoms with Gasteiger partial charge in [-0.25, -0.2) is 4.79 Å². The van der Waals surface area contributed by atoms with Crippen LogP contribution in [0, 0.1) is 0 Å². The van der Waals surface area contributed by atoms with E-state index in [9.17, 15) is 4.79 Å². The molecule has 110 valence electrons. The molecule has 0 spiro atoms. The minimum absolute atomic E-state index is 0.0224. The summed E-state index contributed by atoms with van der Waals surface area (Å²) in [6.07, 6.45) is 0. The second-order valence-electron chi connectivity index (χ2n) is 4.51. The molecule has 22 heavy (non-hydrogen) atoms. The van der Waals surface area contributed by atoms with Gasteiger partial charge in [0, 0.05) is 11.5 Å². The molecule has 0 aliphatic carbocycles. The van der Waals surface area contributed by atoms with E-state index in [4.69, 9.17) is 16.3 Å². The topological polar surface area (TPSA) is 52.1 Å². The summed E-state index contributed by atoms with van der Waals surface area (Å²) in [5.41, 5.74) is 3.10. The number of esters is 1. The Bertz CT molecular complexity index is 772. The lowest BCUT2D eigenvalue weighted by atomic mass is 10.0. The first-order valence-corrected chi connectivity index (χ1v) is 7.68. The molecule has 1 aromatic heterocycles. The predicted molar refractivity (Wildman–Crippen MR) is 85.9 cm³/mol. The van der Waals surface area contributed by atoms with Crippen LogP contribution in [0.2, 0.25) is 4.34 Å². The van der Waals surface area contributed by atoms with Gasteiger partial charge in [0.2, 0.25) is 0 Å². The molecule has 6 heteroatoms. The smallest absolute Gasteiger partial charge is 0.338 e. The van der Waals surface area contributed by atoms with Gasteiger partial charge in [-0.3, -0.25) is 0 Å². The Morgan fingerprint density at radius 3 is 2.36 bits per heavy atom. The van der Waals surface area contributed by atoms with Crippen molar-refractivity contribution in [3.8, 4) is 11.1 Å². The van der Waals surface area contributed by atoms with Crippen LogP contribution in [0.25, 0.3) is 11.1 Å². The second kappa shape index (κ2) is 6.68. The van der Waals surface area contributed by atoms with Crippen LogP contribution in [0.4, 0.5) is 0 Å². The van der Waals surface area contributed by atoms with Crippen LogP contribution in [0.1, 0.15) is 16.1 Å². The SMILES string of the molecule is O=C(OCc1nnsc1Cl)c1ccc(-c2ccccc2)cc1. The number of aromatic nitrogens is 2. The first-order chi connectivity index (χ1) is 10.7. The molecular weight excluding hydrogens is 320 g/mol. The Balaban J connectivity index is 1.67. The van der Waals surface area contributed by atoms with Crippen molar-refractivity contribution in [1.29, 1.82) is 0 Å². The van der Waals surface area contributed by atoms with E-state index in [-0.39, 0.29) is 6.61 Å². The van der Waals surface area contributed by atoms with Crippen molar-refractivity contribution in [3.05, 3.63) is 70.2 Å². The average molecular weight is 331 g/mol. The van der Waals surface area contributed by atoms with Crippen molar-refractivity contribution in [1.82, 2.24) is 9.59 Å². The van der Waals surface area contributed by atoms with E-state index in [1.54, 1.807) is 12.1 Å². The zero-order valence-corrected chi connectivity index (χ0v) is 13.0. The number of ether oxygens (including phenoxy) is 1. The highest BCUT2D eigenvalue weighted by molar-refractivity contribution is 7.10. The summed E-state index contributed by atoms with van der Waals surface area (Å²) in [6, 6.07) is 17.2. The van der Waals surface area contributed by atoms with Gasteiger partial charge >= 0.3 is 5.97 Å². The highest BCUT2D eigenvalue weighted by atomic mass is 35.5. The first-order valence-electron chi connectivity index (χ1n) is 6.53. The van der Waals surface area contributed by atoms with Crippen molar-refractivity contribution in [2.24, 2.45) is 0 Å². The Morgan fingerprint density at radius 2 is 1.73 bits per heavy atom. The lowest BCUT2D eigenvalue weighted by Crippen LogP contribution is -2.05. The molecule has 0 aliphatic rings. The van der Waals surface area contributed by atoms with Crippen LogP contribution in [0.3, 0.4) is 0 Å². The standard InChI is InChI=1S/C16H11ClN2O2S/c17-15-14(18-19-22-15)10-21-16(20)13-8-6-12(7-9-13)11-4-2-1-3-5-11/h1-9H,10H2. The summed E-state index contributed by atoms with van der Waals surface area (Å²) in [5.74, 6) is -0.413. The fourth-order valence-electron chi connectivity index (χ4n) is 1.93. The number of hydrogen-bond acceptors (Lipinski definition) is 5. The second-order valence-corrected chi connectivity index (χ2v) is 5.87. The highest BCUT2D eigenvalue weighted by Crippen LogP contribution is 2.21. The first kappa shape index (κ1) is 14.7. The molecule has 0 radical (unpaired) electrons. The molecule has 0 amide bonds. The largest absolute Gasteiger partial charge is 0.455 e. The third-order valence-electron chi connectivity index (χ3n) is 3.08. The molecule has 2 aromatic carbocycles. The third kappa shape index (κ3) is 3.32. The number of rotatable bonds is 4. The fraction of sp³-hybridized carbons (Fsp3) is 0.0625. The van der Waals surface area contributed by atoms with Crippen LogP contribution in [0.5, 0.6) is 0 Å². The molecule has 0 fully saturated rings. The summed E-state index contributed by atoms with van der Waals surface area (Å²) in [6.45, 7) is 0.0224. The van der Waals surface area contributed by atoms with E-state index in [1.807, 2.05) is 42.5 Å². The van der Waals surface area contributed by atoms with Crippen molar-refractivity contribution >= 4 is 29.1 Å². The van der Waals surface area contributed by atoms with Crippen LogP contribution in [-0.4, -0.2) is 15.6 Å². The van der Waals surface area contributed by atoms with Crippen LogP contribution >= 0.6 is 23.1 Å². The Morgan fingerprint density at radius 1 is 1.05 bits per heavy atom. The number of carbonyl (C=O) groups is 1. The minimum Gasteiger partial charge on any atom is -0.455 e. The Kier molecular flexibility index (Phi) is 4.46. The van der Waals surface area contributed by atoms with Gasteiger partial charge < -0.3 is 4.74 Å². The van der Waals surface area contributed by atoms with E-state index in [0.717, 1.165) is 22.7 Å². The predicted octanol–water partition coefficient (Wildman–Crippen LogP) is 4.22. The van der Waals surface area contributed by atoms with E-state index < -0.39 is 5.97 Å². The van der Waals surface area contributed by atoms with Gasteiger partial charge in [0.25, 0.3) is 0 Å². The zero-order chi connectivity index (χ0) is 15.4. The monoisotopic (exact) mass is 330 g/mol. The van der Waals surface area contributed by atoms with Crippen molar-refractivity contribution < 1.29 is 9.53 Å². The molecule has 0 aliphatic heterocycles. The molecule has 0 bridgehead atoms. The van der Waals surface area contributed by atoms with Crippen LogP contribution in [0.15, 0.2) is 54.6 Å². The van der Waals surface area contributed by atoms with Gasteiger partial charge in [-0.15, -0.1) is 5.10 Å². The van der Waals surface area contributed by atoms with Gasteiger partial charge in [0.1, 0.15) is 16.6 Å². The number of nitrogens with zero attached hydrogens (tertiary/aromatic N) is 2. The Labute approximate surface area is 136 Å². The number of carbonyl (C=O) groups excluding carboxylic acids is 1. The maximum Gasteiger partial charge on any atom is 0.338 e. The van der Waals surface area contributed by atoms with Gasteiger partial charge in [-0.2, -0.15) is 0 Å². The van der Waals surface area contributed by atoms with Gasteiger partial charge in [0.05, 0.1) is 5.56 Å². The summed E-state index contributed by atoms with van der Waals surface area (Å²) < 4.78 is 9.30. The summed E-state index contributed by atoms with van der Waals surface area (Å²) in [4.78, 5) is 12.0. The van der Waals surface area contributed by atoms with Crippen LogP contribution in [-0.2, 0) is 11.3 Å². The maximum absolute atomic E-state index is 12.0. The summed E-state index contributed by atoms with van der Waals surface area (Å²) in [5, 5.41) is 3.79. The van der Waals surface area contributed by atoms with Crippen molar-refractivity contribution in [2.75, 3.05) is 0 Å². The molecule has 0 atom stereocenters. The fourth-order valence-corrected chi connectivity index (χ4v) is 2.53. The van der Waals surface area contributed by atoms with Crippen molar-refractivity contribution in [3.63, 3.8) is 0 Å².